The number of hydrogen-bond acceptors (Lipinski definition) is 5. The van der Waals surface area contributed by atoms with Crippen LogP contribution in [0.5, 0.6) is 0 Å². The summed E-state index contributed by atoms with van der Waals surface area (Å²) in [6.07, 6.45) is 0. The molecule has 1 aromatic heterocycles. The summed E-state index contributed by atoms with van der Waals surface area (Å²) in [4.78, 5) is 17.0. The smallest absolute Gasteiger partial charge is 0.270 e. The van der Waals surface area contributed by atoms with Crippen LogP contribution in [0.2, 0.25) is 0 Å². The van der Waals surface area contributed by atoms with E-state index >= 15 is 0 Å². The highest BCUT2D eigenvalue weighted by Crippen LogP contribution is 2.29. The Morgan fingerprint density at radius 2 is 1.65 bits per heavy atom. The third kappa shape index (κ3) is 4.65. The summed E-state index contributed by atoms with van der Waals surface area (Å²) in [5.41, 5.74) is 3.01. The molecule has 1 amide bonds. The molecular weight excluding hydrogens is 430 g/mol. The average molecular weight is 452 g/mol. The molecule has 6 nitrogen and oxygen atoms in total. The second-order valence-electron chi connectivity index (χ2n) is 7.02. The van der Waals surface area contributed by atoms with Gasteiger partial charge in [0.1, 0.15) is 0 Å². The van der Waals surface area contributed by atoms with Crippen molar-refractivity contribution in [2.45, 2.75) is 23.5 Å². The fraction of sp³-hybridized carbons (Fsp3) is 0.130. The van der Waals surface area contributed by atoms with E-state index in [1.54, 1.807) is 48.5 Å². The molecule has 0 unspecified atom stereocenters. The molecule has 4 rings (SSSR count). The van der Waals surface area contributed by atoms with Crippen LogP contribution < -0.4 is 5.32 Å². The van der Waals surface area contributed by atoms with E-state index in [0.717, 1.165) is 22.9 Å². The standard InChI is InChI=1S/C23H21N3O3S2/c1-17-11-13-19(14-12-17)31(28,29)26-21-10-6-5-9-20(21)25-23(26)30-16-22(27)24-15-18-7-3-2-4-8-18/h2-14H,15-16H2,1H3,(H,24,27). The number of carbonyl (C=O) groups is 1. The van der Waals surface area contributed by atoms with Gasteiger partial charge in [-0.2, -0.15) is 0 Å². The van der Waals surface area contributed by atoms with E-state index in [1.807, 2.05) is 37.3 Å². The summed E-state index contributed by atoms with van der Waals surface area (Å²) < 4.78 is 28.0. The number of benzene rings is 3. The Hall–Kier alpha value is -3.10. The molecule has 1 heterocycles. The van der Waals surface area contributed by atoms with Gasteiger partial charge in [0.25, 0.3) is 10.0 Å². The van der Waals surface area contributed by atoms with Crippen LogP contribution >= 0.6 is 11.8 Å². The summed E-state index contributed by atoms with van der Waals surface area (Å²) in [5, 5.41) is 3.11. The Balaban J connectivity index is 1.59. The molecule has 0 bridgehead atoms. The summed E-state index contributed by atoms with van der Waals surface area (Å²) >= 11 is 1.10. The van der Waals surface area contributed by atoms with Gasteiger partial charge >= 0.3 is 0 Å². The highest BCUT2D eigenvalue weighted by Gasteiger charge is 2.25. The fourth-order valence-corrected chi connectivity index (χ4v) is 5.64. The summed E-state index contributed by atoms with van der Waals surface area (Å²) in [5.74, 6) is -0.139. The lowest BCUT2D eigenvalue weighted by Crippen LogP contribution is -2.25. The van der Waals surface area contributed by atoms with Crippen molar-refractivity contribution in [1.82, 2.24) is 14.3 Å². The lowest BCUT2D eigenvalue weighted by molar-refractivity contribution is -0.118. The van der Waals surface area contributed by atoms with E-state index < -0.39 is 10.0 Å². The molecule has 0 radical (unpaired) electrons. The maximum Gasteiger partial charge on any atom is 0.270 e. The molecule has 0 saturated heterocycles. The van der Waals surface area contributed by atoms with Crippen LogP contribution in [0.4, 0.5) is 0 Å². The normalized spacial score (nSPS) is 11.5. The van der Waals surface area contributed by atoms with Crippen molar-refractivity contribution in [3.05, 3.63) is 90.0 Å². The zero-order chi connectivity index (χ0) is 21.8. The van der Waals surface area contributed by atoms with Crippen molar-refractivity contribution >= 4 is 38.7 Å². The quantitative estimate of drug-likeness (QED) is 0.430. The summed E-state index contributed by atoms with van der Waals surface area (Å²) in [6, 6.07) is 23.3. The number of rotatable bonds is 7. The van der Waals surface area contributed by atoms with Crippen LogP contribution in [0.3, 0.4) is 0 Å². The highest BCUT2D eigenvalue weighted by atomic mass is 32.2. The molecule has 31 heavy (non-hydrogen) atoms. The molecule has 0 aliphatic rings. The Labute approximate surface area is 185 Å². The minimum absolute atomic E-state index is 0.0551. The highest BCUT2D eigenvalue weighted by molar-refractivity contribution is 8.00. The second kappa shape index (κ2) is 8.95. The first-order valence-corrected chi connectivity index (χ1v) is 12.1. The Morgan fingerprint density at radius 3 is 2.39 bits per heavy atom. The Bertz CT molecular complexity index is 1320. The number of aryl methyl sites for hydroxylation is 1. The van der Waals surface area contributed by atoms with Crippen LogP contribution in [0.25, 0.3) is 11.0 Å². The van der Waals surface area contributed by atoms with E-state index in [-0.39, 0.29) is 21.7 Å². The minimum Gasteiger partial charge on any atom is -0.351 e. The summed E-state index contributed by atoms with van der Waals surface area (Å²) in [6.45, 7) is 2.32. The number of thioether (sulfide) groups is 1. The van der Waals surface area contributed by atoms with Crippen molar-refractivity contribution < 1.29 is 13.2 Å². The van der Waals surface area contributed by atoms with E-state index in [1.165, 1.54) is 3.97 Å². The molecular formula is C23H21N3O3S2. The van der Waals surface area contributed by atoms with Gasteiger partial charge in [0.15, 0.2) is 5.16 Å². The lowest BCUT2D eigenvalue weighted by Gasteiger charge is -2.11. The fourth-order valence-electron chi connectivity index (χ4n) is 3.10. The van der Waals surface area contributed by atoms with Gasteiger partial charge in [-0.1, -0.05) is 71.9 Å². The Morgan fingerprint density at radius 1 is 0.968 bits per heavy atom. The molecule has 0 atom stereocenters. The molecule has 0 aliphatic heterocycles. The first kappa shape index (κ1) is 21.1. The predicted octanol–water partition coefficient (Wildman–Crippen LogP) is 3.99. The molecule has 0 fully saturated rings. The first-order valence-electron chi connectivity index (χ1n) is 9.68. The van der Waals surface area contributed by atoms with Crippen molar-refractivity contribution in [2.75, 3.05) is 5.75 Å². The molecule has 1 N–H and O–H groups in total. The van der Waals surface area contributed by atoms with Crippen molar-refractivity contribution in [3.63, 3.8) is 0 Å². The summed E-state index contributed by atoms with van der Waals surface area (Å²) in [7, 11) is -3.87. The largest absolute Gasteiger partial charge is 0.351 e. The molecule has 0 aliphatic carbocycles. The lowest BCUT2D eigenvalue weighted by atomic mass is 10.2. The molecule has 0 saturated carbocycles. The topological polar surface area (TPSA) is 81.1 Å². The van der Waals surface area contributed by atoms with Gasteiger partial charge in [0.05, 0.1) is 21.7 Å². The van der Waals surface area contributed by atoms with Crippen LogP contribution in [-0.4, -0.2) is 29.0 Å². The molecule has 158 valence electrons. The number of aromatic nitrogens is 2. The number of carbonyl (C=O) groups excluding carboxylic acids is 1. The van der Waals surface area contributed by atoms with Crippen LogP contribution in [0, 0.1) is 6.92 Å². The average Bonchev–Trinajstić information content (AvgIpc) is 3.16. The maximum atomic E-state index is 13.4. The first-order chi connectivity index (χ1) is 14.9. The SMILES string of the molecule is Cc1ccc(S(=O)(=O)n2c(SCC(=O)NCc3ccccc3)nc3ccccc32)cc1. The zero-order valence-corrected chi connectivity index (χ0v) is 18.5. The molecule has 3 aromatic carbocycles. The van der Waals surface area contributed by atoms with Crippen LogP contribution in [0.15, 0.2) is 88.9 Å². The maximum absolute atomic E-state index is 13.4. The number of nitrogens with one attached hydrogen (secondary N) is 1. The molecule has 8 heteroatoms. The van der Waals surface area contributed by atoms with Gasteiger partial charge in [0.2, 0.25) is 5.91 Å². The van der Waals surface area contributed by atoms with Crippen molar-refractivity contribution in [1.29, 1.82) is 0 Å². The minimum atomic E-state index is -3.87. The van der Waals surface area contributed by atoms with Gasteiger partial charge in [-0.3, -0.25) is 4.79 Å². The van der Waals surface area contributed by atoms with E-state index in [2.05, 4.69) is 10.3 Å². The second-order valence-corrected chi connectivity index (χ2v) is 9.75. The third-order valence-corrected chi connectivity index (χ3v) is 7.49. The monoisotopic (exact) mass is 451 g/mol. The number of fused-ring (bicyclic) bond motifs is 1. The number of imidazole rings is 1. The number of amides is 1. The van der Waals surface area contributed by atoms with Crippen LogP contribution in [0.1, 0.15) is 11.1 Å². The van der Waals surface area contributed by atoms with Gasteiger partial charge < -0.3 is 5.32 Å². The zero-order valence-electron chi connectivity index (χ0n) is 16.9. The molecule has 4 aromatic rings. The van der Waals surface area contributed by atoms with Crippen molar-refractivity contribution in [3.8, 4) is 0 Å². The van der Waals surface area contributed by atoms with E-state index in [9.17, 15) is 13.2 Å². The third-order valence-electron chi connectivity index (χ3n) is 4.71. The van der Waals surface area contributed by atoms with Crippen molar-refractivity contribution in [2.24, 2.45) is 0 Å². The van der Waals surface area contributed by atoms with Gasteiger partial charge in [0, 0.05) is 6.54 Å². The van der Waals surface area contributed by atoms with E-state index in [0.29, 0.717) is 17.6 Å². The van der Waals surface area contributed by atoms with Crippen LogP contribution in [-0.2, 0) is 21.4 Å². The Kier molecular flexibility index (Phi) is 6.11. The van der Waals surface area contributed by atoms with E-state index in [4.69, 9.17) is 0 Å². The van der Waals surface area contributed by atoms with Gasteiger partial charge in [-0.25, -0.2) is 17.4 Å². The number of hydrogen-bond donors (Lipinski definition) is 1. The van der Waals surface area contributed by atoms with Gasteiger partial charge in [-0.15, -0.1) is 0 Å². The number of para-hydroxylation sites is 2. The number of nitrogens with zero attached hydrogens (tertiary/aromatic N) is 2. The molecule has 0 spiro atoms. The van der Waals surface area contributed by atoms with Gasteiger partial charge in [-0.05, 0) is 36.8 Å². The predicted molar refractivity (Wildman–Crippen MR) is 123 cm³/mol.